The molecule has 5 nitrogen and oxygen atoms in total. The van der Waals surface area contributed by atoms with Crippen molar-refractivity contribution < 1.29 is 13.5 Å². The van der Waals surface area contributed by atoms with E-state index in [4.69, 9.17) is 5.73 Å². The van der Waals surface area contributed by atoms with Crippen molar-refractivity contribution in [2.24, 2.45) is 5.73 Å². The van der Waals surface area contributed by atoms with Gasteiger partial charge in [0.1, 0.15) is 0 Å². The molecule has 18 heavy (non-hydrogen) atoms. The van der Waals surface area contributed by atoms with Gasteiger partial charge in [0.15, 0.2) is 0 Å². The molecular formula is C11H12F2N4O. The van der Waals surface area contributed by atoms with E-state index in [1.54, 1.807) is 16.9 Å². The molecule has 2 N–H and O–H groups in total. The van der Waals surface area contributed by atoms with Gasteiger partial charge in [0, 0.05) is 30.6 Å². The van der Waals surface area contributed by atoms with Crippen LogP contribution in [0.4, 0.5) is 8.78 Å². The summed E-state index contributed by atoms with van der Waals surface area (Å²) >= 11 is 0. The topological polar surface area (TPSA) is 66.0 Å². The second-order valence-electron chi connectivity index (χ2n) is 3.63. The number of ether oxygens (including phenoxy) is 1. The van der Waals surface area contributed by atoms with Crippen molar-refractivity contribution in [1.29, 1.82) is 0 Å². The Labute approximate surface area is 102 Å². The number of nitrogens with two attached hydrogens (primary N) is 1. The van der Waals surface area contributed by atoms with Gasteiger partial charge in [-0.2, -0.15) is 13.9 Å². The van der Waals surface area contributed by atoms with Gasteiger partial charge in [0.05, 0.1) is 12.7 Å². The van der Waals surface area contributed by atoms with Crippen LogP contribution in [0.1, 0.15) is 11.1 Å². The van der Waals surface area contributed by atoms with E-state index in [1.165, 1.54) is 12.3 Å². The lowest BCUT2D eigenvalue weighted by atomic mass is 10.3. The molecule has 0 amide bonds. The van der Waals surface area contributed by atoms with Crippen molar-refractivity contribution in [3.8, 4) is 5.88 Å². The van der Waals surface area contributed by atoms with Gasteiger partial charge in [-0.25, -0.2) is 4.98 Å². The van der Waals surface area contributed by atoms with Crippen molar-refractivity contribution in [1.82, 2.24) is 14.8 Å². The van der Waals surface area contributed by atoms with Crippen LogP contribution in [0.3, 0.4) is 0 Å². The summed E-state index contributed by atoms with van der Waals surface area (Å²) in [6, 6.07) is 3.06. The van der Waals surface area contributed by atoms with Crippen LogP contribution in [-0.4, -0.2) is 21.4 Å². The van der Waals surface area contributed by atoms with E-state index in [0.29, 0.717) is 13.1 Å². The highest BCUT2D eigenvalue weighted by Gasteiger charge is 2.05. The molecule has 0 unspecified atom stereocenters. The molecule has 2 aromatic heterocycles. The highest BCUT2D eigenvalue weighted by atomic mass is 19.3. The van der Waals surface area contributed by atoms with E-state index in [2.05, 4.69) is 14.8 Å². The molecule has 0 aromatic carbocycles. The summed E-state index contributed by atoms with van der Waals surface area (Å²) in [6.45, 7) is -1.93. The monoisotopic (exact) mass is 254 g/mol. The molecule has 0 radical (unpaired) electrons. The molecule has 2 aromatic rings. The lowest BCUT2D eigenvalue weighted by molar-refractivity contribution is -0.0528. The third-order valence-electron chi connectivity index (χ3n) is 2.27. The van der Waals surface area contributed by atoms with Gasteiger partial charge in [0.25, 0.3) is 0 Å². The number of pyridine rings is 1. The molecule has 0 spiro atoms. The molecule has 0 bridgehead atoms. The third kappa shape index (κ3) is 3.24. The predicted molar refractivity (Wildman–Crippen MR) is 60.1 cm³/mol. The molecule has 0 aliphatic heterocycles. The van der Waals surface area contributed by atoms with Gasteiger partial charge in [-0.3, -0.25) is 4.68 Å². The van der Waals surface area contributed by atoms with E-state index in [-0.39, 0.29) is 5.88 Å². The normalized spacial score (nSPS) is 10.9. The molecule has 2 rings (SSSR count). The van der Waals surface area contributed by atoms with Crippen LogP contribution in [0.25, 0.3) is 0 Å². The fourth-order valence-corrected chi connectivity index (χ4v) is 1.45. The Balaban J connectivity index is 2.01. The van der Waals surface area contributed by atoms with Gasteiger partial charge in [-0.05, 0) is 5.56 Å². The molecule has 2 heterocycles. The minimum Gasteiger partial charge on any atom is -0.417 e. The smallest absolute Gasteiger partial charge is 0.388 e. The minimum absolute atomic E-state index is 0.100. The molecule has 96 valence electrons. The van der Waals surface area contributed by atoms with Crippen LogP contribution in [-0.2, 0) is 13.1 Å². The van der Waals surface area contributed by atoms with Crippen molar-refractivity contribution in [3.63, 3.8) is 0 Å². The van der Waals surface area contributed by atoms with Crippen molar-refractivity contribution in [2.75, 3.05) is 0 Å². The third-order valence-corrected chi connectivity index (χ3v) is 2.27. The van der Waals surface area contributed by atoms with Crippen molar-refractivity contribution in [2.45, 2.75) is 19.7 Å². The summed E-state index contributed by atoms with van der Waals surface area (Å²) in [5, 5.41) is 4.11. The fraction of sp³-hybridized carbons (Fsp3) is 0.273. The molecule has 0 saturated carbocycles. The summed E-state index contributed by atoms with van der Waals surface area (Å²) in [5.41, 5.74) is 7.24. The second-order valence-corrected chi connectivity index (χ2v) is 3.63. The first-order chi connectivity index (χ1) is 8.67. The van der Waals surface area contributed by atoms with Crippen LogP contribution < -0.4 is 10.5 Å². The fourth-order valence-electron chi connectivity index (χ4n) is 1.45. The van der Waals surface area contributed by atoms with Crippen molar-refractivity contribution >= 4 is 0 Å². The number of alkyl halides is 2. The Bertz CT molecular complexity index is 498. The van der Waals surface area contributed by atoms with Crippen LogP contribution >= 0.6 is 0 Å². The minimum atomic E-state index is -2.86. The Morgan fingerprint density at radius 3 is 2.67 bits per heavy atom. The van der Waals surface area contributed by atoms with Gasteiger partial charge in [-0.1, -0.05) is 6.07 Å². The van der Waals surface area contributed by atoms with Crippen LogP contribution in [0.15, 0.2) is 30.7 Å². The maximum absolute atomic E-state index is 11.9. The molecule has 0 fully saturated rings. The first-order valence-electron chi connectivity index (χ1n) is 5.28. The summed E-state index contributed by atoms with van der Waals surface area (Å²) in [6.07, 6.45) is 4.98. The summed E-state index contributed by atoms with van der Waals surface area (Å²) in [7, 11) is 0. The predicted octanol–water partition coefficient (Wildman–Crippen LogP) is 1.39. The Morgan fingerprint density at radius 2 is 2.11 bits per heavy atom. The maximum Gasteiger partial charge on any atom is 0.388 e. The molecule has 0 aliphatic carbocycles. The van der Waals surface area contributed by atoms with E-state index >= 15 is 0 Å². The van der Waals surface area contributed by atoms with Gasteiger partial charge in [-0.15, -0.1) is 0 Å². The Morgan fingerprint density at radius 1 is 1.28 bits per heavy atom. The van der Waals surface area contributed by atoms with Crippen LogP contribution in [0.5, 0.6) is 5.88 Å². The number of aromatic nitrogens is 3. The zero-order valence-electron chi connectivity index (χ0n) is 9.46. The Hall–Kier alpha value is -2.02. The molecular weight excluding hydrogens is 242 g/mol. The zero-order chi connectivity index (χ0) is 13.0. The average Bonchev–Trinajstić information content (AvgIpc) is 2.79. The van der Waals surface area contributed by atoms with Gasteiger partial charge >= 0.3 is 6.61 Å². The van der Waals surface area contributed by atoms with Gasteiger partial charge in [0.2, 0.25) is 5.88 Å². The number of hydrogen-bond acceptors (Lipinski definition) is 4. The quantitative estimate of drug-likeness (QED) is 0.875. The number of hydrogen-bond donors (Lipinski definition) is 1. The molecule has 7 heteroatoms. The van der Waals surface area contributed by atoms with Crippen molar-refractivity contribution in [3.05, 3.63) is 41.9 Å². The van der Waals surface area contributed by atoms with E-state index in [1.807, 2.05) is 6.20 Å². The summed E-state index contributed by atoms with van der Waals surface area (Å²) in [4.78, 5) is 3.77. The largest absolute Gasteiger partial charge is 0.417 e. The van der Waals surface area contributed by atoms with E-state index < -0.39 is 6.61 Å². The lowest BCUT2D eigenvalue weighted by Gasteiger charge is -2.04. The summed E-state index contributed by atoms with van der Waals surface area (Å²) < 4.78 is 29.7. The summed E-state index contributed by atoms with van der Waals surface area (Å²) in [5.74, 6) is -0.100. The highest BCUT2D eigenvalue weighted by molar-refractivity contribution is 5.18. The Kier molecular flexibility index (Phi) is 3.83. The average molecular weight is 254 g/mol. The van der Waals surface area contributed by atoms with Crippen LogP contribution in [0, 0.1) is 0 Å². The van der Waals surface area contributed by atoms with Gasteiger partial charge < -0.3 is 10.5 Å². The SMILES string of the molecule is NCc1cnn(Cc2ccc(OC(F)F)nc2)c1. The maximum atomic E-state index is 11.9. The first-order valence-corrected chi connectivity index (χ1v) is 5.28. The molecule has 0 aliphatic rings. The second kappa shape index (κ2) is 5.54. The number of halogens is 2. The van der Waals surface area contributed by atoms with E-state index in [9.17, 15) is 8.78 Å². The first kappa shape index (κ1) is 12.4. The molecule has 0 saturated heterocycles. The zero-order valence-corrected chi connectivity index (χ0v) is 9.46. The number of rotatable bonds is 5. The standard InChI is InChI=1S/C11H12F2N4O/c12-11(13)18-10-2-1-8(4-15-10)6-17-7-9(3-14)5-16-17/h1-2,4-5,7,11H,3,6,14H2. The lowest BCUT2D eigenvalue weighted by Crippen LogP contribution is -2.05. The molecule has 0 atom stereocenters. The number of nitrogens with zero attached hydrogens (tertiary/aromatic N) is 3. The highest BCUT2D eigenvalue weighted by Crippen LogP contribution is 2.11. The van der Waals surface area contributed by atoms with Crippen LogP contribution in [0.2, 0.25) is 0 Å². The van der Waals surface area contributed by atoms with E-state index in [0.717, 1.165) is 11.1 Å².